The van der Waals surface area contributed by atoms with Crippen LogP contribution in [0.25, 0.3) is 0 Å². The molecule has 0 spiro atoms. The lowest BCUT2D eigenvalue weighted by Crippen LogP contribution is -2.21. The van der Waals surface area contributed by atoms with Crippen LogP contribution in [0.2, 0.25) is 0 Å². The number of hydrogen-bond donors (Lipinski definition) is 2. The lowest BCUT2D eigenvalue weighted by atomic mass is 10.2. The monoisotopic (exact) mass is 374 g/mol. The van der Waals surface area contributed by atoms with Gasteiger partial charge in [0.25, 0.3) is 5.91 Å². The van der Waals surface area contributed by atoms with Crippen molar-refractivity contribution < 1.29 is 4.79 Å². The van der Waals surface area contributed by atoms with Crippen LogP contribution in [-0.2, 0) is 0 Å². The van der Waals surface area contributed by atoms with Crippen molar-refractivity contribution in [1.29, 1.82) is 0 Å². The fourth-order valence-electron chi connectivity index (χ4n) is 3.03. The van der Waals surface area contributed by atoms with Gasteiger partial charge in [-0.1, -0.05) is 12.1 Å². The van der Waals surface area contributed by atoms with Gasteiger partial charge in [-0.25, -0.2) is 4.98 Å². The molecule has 0 aliphatic heterocycles. The highest BCUT2D eigenvalue weighted by Gasteiger charge is 2.09. The molecule has 144 valence electrons. The van der Waals surface area contributed by atoms with Crippen molar-refractivity contribution >= 4 is 28.7 Å². The van der Waals surface area contributed by atoms with Gasteiger partial charge in [0.2, 0.25) is 0 Å². The predicted octanol–water partition coefficient (Wildman–Crippen LogP) is 5.23. The molecule has 0 bridgehead atoms. The number of carbonyl (C=O) groups excluding carboxylic acids is 1. The third-order valence-corrected chi connectivity index (χ3v) is 4.56. The quantitative estimate of drug-likeness (QED) is 0.594. The van der Waals surface area contributed by atoms with Gasteiger partial charge in [0.05, 0.1) is 11.9 Å². The van der Waals surface area contributed by atoms with Crippen LogP contribution in [0, 0.1) is 6.92 Å². The maximum Gasteiger partial charge on any atom is 0.274 e. The number of rotatable bonds is 7. The molecule has 0 saturated heterocycles. The summed E-state index contributed by atoms with van der Waals surface area (Å²) in [4.78, 5) is 19.0. The van der Waals surface area contributed by atoms with Gasteiger partial charge in [-0.2, -0.15) is 0 Å². The first kappa shape index (κ1) is 19.4. The predicted molar refractivity (Wildman–Crippen MR) is 117 cm³/mol. The van der Waals surface area contributed by atoms with E-state index in [4.69, 9.17) is 0 Å². The number of hydrogen-bond acceptors (Lipinski definition) is 4. The number of benzene rings is 2. The van der Waals surface area contributed by atoms with E-state index in [1.807, 2.05) is 55.5 Å². The second-order valence-electron chi connectivity index (χ2n) is 6.60. The molecule has 1 heterocycles. The van der Waals surface area contributed by atoms with Crippen LogP contribution in [-0.4, -0.2) is 24.0 Å². The molecule has 1 aromatic heterocycles. The van der Waals surface area contributed by atoms with Crippen molar-refractivity contribution in [3.63, 3.8) is 0 Å². The summed E-state index contributed by atoms with van der Waals surface area (Å²) < 4.78 is 0. The van der Waals surface area contributed by atoms with Crippen molar-refractivity contribution in [3.8, 4) is 0 Å². The molecule has 3 rings (SSSR count). The van der Waals surface area contributed by atoms with Gasteiger partial charge in [0.1, 0.15) is 5.69 Å². The average Bonchev–Trinajstić information content (AvgIpc) is 2.71. The van der Waals surface area contributed by atoms with Crippen LogP contribution >= 0.6 is 0 Å². The Morgan fingerprint density at radius 1 is 0.929 bits per heavy atom. The molecule has 2 N–H and O–H groups in total. The first-order valence-corrected chi connectivity index (χ1v) is 9.55. The Morgan fingerprint density at radius 3 is 2.25 bits per heavy atom. The highest BCUT2D eigenvalue weighted by Crippen LogP contribution is 2.19. The summed E-state index contributed by atoms with van der Waals surface area (Å²) in [5.74, 6) is -0.224. The highest BCUT2D eigenvalue weighted by atomic mass is 16.1. The van der Waals surface area contributed by atoms with E-state index < -0.39 is 0 Å². The first-order valence-electron chi connectivity index (χ1n) is 9.55. The van der Waals surface area contributed by atoms with Gasteiger partial charge in [-0.3, -0.25) is 4.79 Å². The smallest absolute Gasteiger partial charge is 0.274 e. The van der Waals surface area contributed by atoms with E-state index in [9.17, 15) is 4.79 Å². The van der Waals surface area contributed by atoms with E-state index in [2.05, 4.69) is 40.4 Å². The standard InChI is InChI=1S/C23H26N4O/c1-4-27(5-2)21-12-9-18(10-13-21)26-23(28)22-14-11-20(16-24-22)25-19-8-6-7-17(3)15-19/h6-16,25H,4-5H2,1-3H3,(H,26,28). The van der Waals surface area contributed by atoms with E-state index in [0.29, 0.717) is 5.69 Å². The summed E-state index contributed by atoms with van der Waals surface area (Å²) in [5, 5.41) is 6.19. The van der Waals surface area contributed by atoms with Crippen LogP contribution in [0.15, 0.2) is 66.9 Å². The summed E-state index contributed by atoms with van der Waals surface area (Å²) in [7, 11) is 0. The molecule has 0 fully saturated rings. The number of aryl methyl sites for hydroxylation is 1. The van der Waals surface area contributed by atoms with Crippen LogP contribution in [0.5, 0.6) is 0 Å². The van der Waals surface area contributed by atoms with Gasteiger partial charge < -0.3 is 15.5 Å². The molecule has 0 unspecified atom stereocenters. The van der Waals surface area contributed by atoms with Crippen molar-refractivity contribution in [3.05, 3.63) is 78.1 Å². The highest BCUT2D eigenvalue weighted by molar-refractivity contribution is 6.03. The Hall–Kier alpha value is -3.34. The molecule has 0 aliphatic carbocycles. The zero-order valence-corrected chi connectivity index (χ0v) is 16.6. The number of amides is 1. The van der Waals surface area contributed by atoms with E-state index >= 15 is 0 Å². The first-order chi connectivity index (χ1) is 13.6. The van der Waals surface area contributed by atoms with Crippen molar-refractivity contribution in [2.24, 2.45) is 0 Å². The summed E-state index contributed by atoms with van der Waals surface area (Å²) >= 11 is 0. The van der Waals surface area contributed by atoms with Crippen LogP contribution in [0.3, 0.4) is 0 Å². The molecule has 5 nitrogen and oxygen atoms in total. The Balaban J connectivity index is 1.63. The van der Waals surface area contributed by atoms with Gasteiger partial charge in [-0.15, -0.1) is 0 Å². The van der Waals surface area contributed by atoms with Crippen molar-refractivity contribution in [1.82, 2.24) is 4.98 Å². The molecule has 28 heavy (non-hydrogen) atoms. The molecule has 0 aliphatic rings. The minimum Gasteiger partial charge on any atom is -0.372 e. The van der Waals surface area contributed by atoms with E-state index in [1.165, 1.54) is 5.56 Å². The zero-order valence-electron chi connectivity index (χ0n) is 16.6. The van der Waals surface area contributed by atoms with Crippen molar-refractivity contribution in [2.45, 2.75) is 20.8 Å². The summed E-state index contributed by atoms with van der Waals surface area (Å²) in [6, 6.07) is 19.5. The molecule has 0 radical (unpaired) electrons. The SMILES string of the molecule is CCN(CC)c1ccc(NC(=O)c2ccc(Nc3cccc(C)c3)cn2)cc1. The Labute approximate surface area is 166 Å². The zero-order chi connectivity index (χ0) is 19.9. The van der Waals surface area contributed by atoms with Gasteiger partial charge >= 0.3 is 0 Å². The lowest BCUT2D eigenvalue weighted by Gasteiger charge is -2.21. The van der Waals surface area contributed by atoms with E-state index in [0.717, 1.165) is 35.8 Å². The molecule has 2 aromatic carbocycles. The second kappa shape index (κ2) is 9.04. The minimum atomic E-state index is -0.224. The second-order valence-corrected chi connectivity index (χ2v) is 6.60. The van der Waals surface area contributed by atoms with Gasteiger partial charge in [0.15, 0.2) is 0 Å². The van der Waals surface area contributed by atoms with E-state index in [1.54, 1.807) is 12.3 Å². The maximum atomic E-state index is 12.5. The minimum absolute atomic E-state index is 0.224. The van der Waals surface area contributed by atoms with E-state index in [-0.39, 0.29) is 5.91 Å². The largest absolute Gasteiger partial charge is 0.372 e. The van der Waals surface area contributed by atoms with Crippen LogP contribution < -0.4 is 15.5 Å². The third kappa shape index (κ3) is 4.88. The Kier molecular flexibility index (Phi) is 6.27. The van der Waals surface area contributed by atoms with Crippen LogP contribution in [0.1, 0.15) is 29.9 Å². The Bertz CT molecular complexity index is 916. The topological polar surface area (TPSA) is 57.3 Å². The van der Waals surface area contributed by atoms with Crippen molar-refractivity contribution in [2.75, 3.05) is 28.6 Å². The number of nitrogens with one attached hydrogen (secondary N) is 2. The fourth-order valence-corrected chi connectivity index (χ4v) is 3.03. The molecule has 5 heteroatoms. The molecular weight excluding hydrogens is 348 g/mol. The third-order valence-electron chi connectivity index (χ3n) is 4.56. The maximum absolute atomic E-state index is 12.5. The fraction of sp³-hybridized carbons (Fsp3) is 0.217. The number of carbonyl (C=O) groups is 1. The summed E-state index contributed by atoms with van der Waals surface area (Å²) in [6.07, 6.45) is 1.67. The number of anilines is 4. The van der Waals surface area contributed by atoms with Crippen LogP contribution in [0.4, 0.5) is 22.7 Å². The summed E-state index contributed by atoms with van der Waals surface area (Å²) in [6.45, 7) is 8.21. The number of aromatic nitrogens is 1. The molecule has 1 amide bonds. The van der Waals surface area contributed by atoms with Gasteiger partial charge in [-0.05, 0) is 74.9 Å². The number of pyridine rings is 1. The van der Waals surface area contributed by atoms with Gasteiger partial charge in [0, 0.05) is 30.2 Å². The molecule has 0 atom stereocenters. The molecule has 3 aromatic rings. The Morgan fingerprint density at radius 2 is 1.64 bits per heavy atom. The summed E-state index contributed by atoms with van der Waals surface area (Å²) in [5.41, 5.74) is 5.29. The lowest BCUT2D eigenvalue weighted by molar-refractivity contribution is 0.102. The normalized spacial score (nSPS) is 10.4. The molecule has 0 saturated carbocycles. The molecular formula is C23H26N4O. The number of nitrogens with zero attached hydrogens (tertiary/aromatic N) is 2. The average molecular weight is 374 g/mol.